The molecule has 0 saturated heterocycles. The van der Waals surface area contributed by atoms with E-state index in [1.165, 1.54) is 23.9 Å². The van der Waals surface area contributed by atoms with Crippen LogP contribution in [0.2, 0.25) is 0 Å². The molecule has 10 heteroatoms. The first-order valence-corrected chi connectivity index (χ1v) is 10.7. The Balaban J connectivity index is 1.82. The minimum absolute atomic E-state index is 0.0644. The predicted octanol–water partition coefficient (Wildman–Crippen LogP) is 2.67. The van der Waals surface area contributed by atoms with Crippen LogP contribution < -0.4 is 10.0 Å². The summed E-state index contributed by atoms with van der Waals surface area (Å²) in [5.41, 5.74) is 0.507. The van der Waals surface area contributed by atoms with Gasteiger partial charge >= 0.3 is 0 Å². The van der Waals surface area contributed by atoms with E-state index in [1.807, 2.05) is 13.8 Å². The van der Waals surface area contributed by atoms with Crippen LogP contribution in [0.4, 0.5) is 5.69 Å². The molecule has 0 spiro atoms. The van der Waals surface area contributed by atoms with Crippen molar-refractivity contribution in [1.29, 1.82) is 0 Å². The molecule has 3 rings (SSSR count). The van der Waals surface area contributed by atoms with Crippen LogP contribution in [0.25, 0.3) is 0 Å². The predicted molar refractivity (Wildman–Crippen MR) is 97.5 cm³/mol. The molecule has 1 aliphatic heterocycles. The van der Waals surface area contributed by atoms with Crippen molar-refractivity contribution >= 4 is 33.4 Å². The zero-order valence-electron chi connectivity index (χ0n) is 14.6. The molecule has 0 aliphatic carbocycles. The van der Waals surface area contributed by atoms with Crippen molar-refractivity contribution in [3.63, 3.8) is 0 Å². The van der Waals surface area contributed by atoms with E-state index in [-0.39, 0.29) is 22.6 Å². The lowest BCUT2D eigenvalue weighted by Gasteiger charge is -2.13. The summed E-state index contributed by atoms with van der Waals surface area (Å²) in [6.45, 7) is 5.48. The number of benzene rings is 1. The Morgan fingerprint density at radius 2 is 2.08 bits per heavy atom. The lowest BCUT2D eigenvalue weighted by Crippen LogP contribution is -2.27. The van der Waals surface area contributed by atoms with Crippen molar-refractivity contribution in [3.05, 3.63) is 29.9 Å². The number of carbonyl (C=O) groups excluding carboxylic acids is 1. The van der Waals surface area contributed by atoms with Crippen LogP contribution >= 0.6 is 11.8 Å². The smallest absolute Gasteiger partial charge is 0.244 e. The summed E-state index contributed by atoms with van der Waals surface area (Å²) in [7, 11) is -3.82. The molecule has 1 atom stereocenters. The molecule has 2 N–H and O–H groups in total. The van der Waals surface area contributed by atoms with Crippen LogP contribution in [0.15, 0.2) is 32.5 Å². The lowest BCUT2D eigenvalue weighted by atomic mass is 10.2. The van der Waals surface area contributed by atoms with Crippen molar-refractivity contribution in [2.75, 3.05) is 11.1 Å². The van der Waals surface area contributed by atoms with Gasteiger partial charge in [0.2, 0.25) is 21.8 Å². The largest absolute Gasteiger partial charge is 0.338 e. The Hall–Kier alpha value is -1.91. The monoisotopic (exact) mass is 396 g/mol. The van der Waals surface area contributed by atoms with Gasteiger partial charge in [-0.2, -0.15) is 9.71 Å². The van der Waals surface area contributed by atoms with Crippen LogP contribution in [0, 0.1) is 0 Å². The minimum Gasteiger partial charge on any atom is -0.338 e. The Bertz CT molecular complexity index is 924. The molecule has 1 aliphatic rings. The number of nitrogens with one attached hydrogen (secondary N) is 2. The van der Waals surface area contributed by atoms with Gasteiger partial charge in [-0.25, -0.2) is 8.42 Å². The molecule has 0 radical (unpaired) electrons. The third-order valence-electron chi connectivity index (χ3n) is 3.80. The second kappa shape index (κ2) is 7.37. The number of thioether (sulfide) groups is 1. The van der Waals surface area contributed by atoms with E-state index < -0.39 is 16.1 Å². The third kappa shape index (κ3) is 4.08. The number of anilines is 1. The molecule has 140 valence electrons. The van der Waals surface area contributed by atoms with Crippen LogP contribution in [0.1, 0.15) is 50.9 Å². The lowest BCUT2D eigenvalue weighted by molar-refractivity contribution is -0.115. The molecule has 0 unspecified atom stereocenters. The third-order valence-corrected chi connectivity index (χ3v) is 6.41. The summed E-state index contributed by atoms with van der Waals surface area (Å²) in [5, 5.41) is 6.59. The topological polar surface area (TPSA) is 114 Å². The van der Waals surface area contributed by atoms with Gasteiger partial charge in [-0.05, 0) is 25.1 Å². The average Bonchev–Trinajstić information content (AvgIpc) is 2.98. The molecule has 1 amide bonds. The molecule has 2 heterocycles. The van der Waals surface area contributed by atoms with E-state index in [2.05, 4.69) is 20.2 Å². The fourth-order valence-electron chi connectivity index (χ4n) is 2.38. The van der Waals surface area contributed by atoms with E-state index in [9.17, 15) is 13.2 Å². The molecular formula is C16H20N4O4S2. The molecule has 8 nitrogen and oxygen atoms in total. The van der Waals surface area contributed by atoms with E-state index >= 15 is 0 Å². The molecule has 1 aromatic heterocycles. The average molecular weight is 396 g/mol. The zero-order chi connectivity index (χ0) is 18.9. The summed E-state index contributed by atoms with van der Waals surface area (Å²) in [6.07, 6.45) is 0.395. The number of hydrogen-bond acceptors (Lipinski definition) is 7. The molecule has 2 aromatic rings. The van der Waals surface area contributed by atoms with Gasteiger partial charge in [0.15, 0.2) is 5.82 Å². The first-order chi connectivity index (χ1) is 12.3. The first kappa shape index (κ1) is 18.9. The highest BCUT2D eigenvalue weighted by atomic mass is 32.2. The van der Waals surface area contributed by atoms with Gasteiger partial charge in [-0.3, -0.25) is 4.79 Å². The van der Waals surface area contributed by atoms with Gasteiger partial charge in [0.1, 0.15) is 0 Å². The van der Waals surface area contributed by atoms with Crippen LogP contribution in [0.3, 0.4) is 0 Å². The number of hydrogen-bond donors (Lipinski definition) is 2. The van der Waals surface area contributed by atoms with Crippen LogP contribution in [-0.2, 0) is 14.8 Å². The number of carbonyl (C=O) groups is 1. The molecule has 0 fully saturated rings. The number of aromatic nitrogens is 2. The van der Waals surface area contributed by atoms with Crippen molar-refractivity contribution in [3.8, 4) is 0 Å². The van der Waals surface area contributed by atoms with Crippen molar-refractivity contribution < 1.29 is 17.7 Å². The molecule has 0 bridgehead atoms. The number of amides is 1. The van der Waals surface area contributed by atoms with Gasteiger partial charge in [0.25, 0.3) is 0 Å². The Morgan fingerprint density at radius 1 is 1.31 bits per heavy atom. The molecule has 26 heavy (non-hydrogen) atoms. The maximum Gasteiger partial charge on any atom is 0.244 e. The zero-order valence-corrected chi connectivity index (χ0v) is 16.3. The van der Waals surface area contributed by atoms with Gasteiger partial charge in [0, 0.05) is 23.0 Å². The maximum absolute atomic E-state index is 12.7. The standard InChI is InChI=1S/C16H20N4O4S2/c1-9(2)15-18-16(24-19-15)10(3)20-26(22,23)11-4-5-13-12(8-11)17-14(21)6-7-25-13/h4-5,8-10,20H,6-7H2,1-3H3,(H,17,21)/t10-/m0/s1. The highest BCUT2D eigenvalue weighted by Gasteiger charge is 2.24. The van der Waals surface area contributed by atoms with E-state index in [0.29, 0.717) is 23.7 Å². The fraction of sp³-hybridized carbons (Fsp3) is 0.438. The Kier molecular flexibility index (Phi) is 5.35. The summed E-state index contributed by atoms with van der Waals surface area (Å²) in [6, 6.07) is 4.01. The van der Waals surface area contributed by atoms with Gasteiger partial charge < -0.3 is 9.84 Å². The summed E-state index contributed by atoms with van der Waals surface area (Å²) < 4.78 is 33.1. The highest BCUT2D eigenvalue weighted by Crippen LogP contribution is 2.32. The quantitative estimate of drug-likeness (QED) is 0.798. The number of nitrogens with zero attached hydrogens (tertiary/aromatic N) is 2. The van der Waals surface area contributed by atoms with E-state index in [4.69, 9.17) is 4.52 Å². The summed E-state index contributed by atoms with van der Waals surface area (Å²) in [5.74, 6) is 1.35. The van der Waals surface area contributed by atoms with Gasteiger partial charge in [0.05, 0.1) is 16.6 Å². The maximum atomic E-state index is 12.7. The normalized spacial score (nSPS) is 16.1. The Morgan fingerprint density at radius 3 is 2.77 bits per heavy atom. The summed E-state index contributed by atoms with van der Waals surface area (Å²) >= 11 is 1.52. The highest BCUT2D eigenvalue weighted by molar-refractivity contribution is 7.99. The van der Waals surface area contributed by atoms with Crippen LogP contribution in [0.5, 0.6) is 0 Å². The summed E-state index contributed by atoms with van der Waals surface area (Å²) in [4.78, 5) is 16.8. The van der Waals surface area contributed by atoms with E-state index in [0.717, 1.165) is 4.90 Å². The molecule has 1 aromatic carbocycles. The fourth-order valence-corrected chi connectivity index (χ4v) is 4.53. The van der Waals surface area contributed by atoms with Crippen molar-refractivity contribution in [2.24, 2.45) is 0 Å². The second-order valence-corrected chi connectivity index (χ2v) is 9.14. The second-order valence-electron chi connectivity index (χ2n) is 6.29. The molecule has 0 saturated carbocycles. The van der Waals surface area contributed by atoms with Gasteiger partial charge in [-0.1, -0.05) is 19.0 Å². The minimum atomic E-state index is -3.82. The van der Waals surface area contributed by atoms with Crippen molar-refractivity contribution in [1.82, 2.24) is 14.9 Å². The van der Waals surface area contributed by atoms with Crippen LogP contribution in [-0.4, -0.2) is 30.2 Å². The van der Waals surface area contributed by atoms with Gasteiger partial charge in [-0.15, -0.1) is 11.8 Å². The Labute approximate surface area is 156 Å². The molecular weight excluding hydrogens is 376 g/mol. The number of sulfonamides is 1. The van der Waals surface area contributed by atoms with Crippen molar-refractivity contribution in [2.45, 2.75) is 48.9 Å². The SMILES string of the molecule is CC(C)c1noc([C@H](C)NS(=O)(=O)c2ccc3c(c2)NC(=O)CCS3)n1. The number of rotatable bonds is 5. The number of fused-ring (bicyclic) bond motifs is 1. The first-order valence-electron chi connectivity index (χ1n) is 8.19. The van der Waals surface area contributed by atoms with E-state index in [1.54, 1.807) is 13.0 Å².